The van der Waals surface area contributed by atoms with E-state index < -0.39 is 35.0 Å². The second-order valence-electron chi connectivity index (χ2n) is 6.14. The van der Waals surface area contributed by atoms with Gasteiger partial charge in [-0.25, -0.2) is 4.39 Å². The minimum absolute atomic E-state index is 0.129. The highest BCUT2D eigenvalue weighted by molar-refractivity contribution is 7.98. The predicted molar refractivity (Wildman–Crippen MR) is 104 cm³/mol. The fourth-order valence-electron chi connectivity index (χ4n) is 2.46. The van der Waals surface area contributed by atoms with E-state index in [0.29, 0.717) is 17.3 Å². The SMILES string of the molecule is CSc1ccc(NC(=O)c2cc(C(F)(F)F)nnc2Oc2ccc(F)cc2C)cc1. The van der Waals surface area contributed by atoms with Crippen LogP contribution in [0.15, 0.2) is 53.4 Å². The fourth-order valence-corrected chi connectivity index (χ4v) is 2.87. The summed E-state index contributed by atoms with van der Waals surface area (Å²) in [6.45, 7) is 1.54. The predicted octanol–water partition coefficient (Wildman–Crippen LogP) is 5.71. The molecule has 1 aromatic heterocycles. The van der Waals surface area contributed by atoms with Gasteiger partial charge >= 0.3 is 6.18 Å². The Morgan fingerprint density at radius 1 is 1.07 bits per heavy atom. The molecule has 0 aliphatic rings. The number of nitrogens with one attached hydrogen (secondary N) is 1. The molecule has 0 aliphatic carbocycles. The Kier molecular flexibility index (Phi) is 6.25. The van der Waals surface area contributed by atoms with Gasteiger partial charge in [0.15, 0.2) is 5.69 Å². The zero-order valence-electron chi connectivity index (χ0n) is 15.7. The van der Waals surface area contributed by atoms with Crippen LogP contribution in [-0.2, 0) is 6.18 Å². The van der Waals surface area contributed by atoms with Crippen molar-refractivity contribution in [1.29, 1.82) is 0 Å². The molecule has 10 heteroatoms. The van der Waals surface area contributed by atoms with E-state index in [1.54, 1.807) is 31.2 Å². The van der Waals surface area contributed by atoms with Crippen molar-refractivity contribution in [3.8, 4) is 11.6 Å². The number of anilines is 1. The van der Waals surface area contributed by atoms with Crippen LogP contribution in [-0.4, -0.2) is 22.4 Å². The summed E-state index contributed by atoms with van der Waals surface area (Å²) in [6, 6.07) is 10.9. The standard InChI is InChI=1S/C20H15F4N3O2S/c1-11-9-12(21)3-8-16(11)29-19-15(10-17(26-27-19)20(22,23)24)18(28)25-13-4-6-14(30-2)7-5-13/h3-10H,1-2H3,(H,25,28). The maximum absolute atomic E-state index is 13.3. The molecule has 0 bridgehead atoms. The largest absolute Gasteiger partial charge is 0.437 e. The average Bonchev–Trinajstić information content (AvgIpc) is 2.70. The van der Waals surface area contributed by atoms with Crippen molar-refractivity contribution in [3.05, 3.63) is 71.2 Å². The number of ether oxygens (including phenoxy) is 1. The molecular formula is C20H15F4N3O2S. The molecule has 0 saturated carbocycles. The molecule has 156 valence electrons. The molecule has 0 unspecified atom stereocenters. The third-order valence-electron chi connectivity index (χ3n) is 3.99. The number of hydrogen-bond donors (Lipinski definition) is 1. The number of rotatable bonds is 5. The van der Waals surface area contributed by atoms with E-state index in [1.165, 1.54) is 23.9 Å². The molecular weight excluding hydrogens is 422 g/mol. The summed E-state index contributed by atoms with van der Waals surface area (Å²) in [6.07, 6.45) is -2.91. The first-order valence-electron chi connectivity index (χ1n) is 8.51. The van der Waals surface area contributed by atoms with Gasteiger partial charge in [-0.2, -0.15) is 13.2 Å². The molecule has 3 aromatic rings. The van der Waals surface area contributed by atoms with Gasteiger partial charge in [-0.3, -0.25) is 4.79 Å². The number of thioether (sulfide) groups is 1. The van der Waals surface area contributed by atoms with Gasteiger partial charge < -0.3 is 10.1 Å². The highest BCUT2D eigenvalue weighted by Crippen LogP contribution is 2.32. The Morgan fingerprint density at radius 3 is 2.37 bits per heavy atom. The number of benzene rings is 2. The molecule has 30 heavy (non-hydrogen) atoms. The lowest BCUT2D eigenvalue weighted by Crippen LogP contribution is -2.18. The lowest BCUT2D eigenvalue weighted by atomic mass is 10.2. The van der Waals surface area contributed by atoms with Crippen LogP contribution in [0.3, 0.4) is 0 Å². The lowest BCUT2D eigenvalue weighted by Gasteiger charge is -2.13. The molecule has 0 aliphatic heterocycles. The number of nitrogens with zero attached hydrogens (tertiary/aromatic N) is 2. The van der Waals surface area contributed by atoms with Crippen LogP contribution in [0.4, 0.5) is 23.2 Å². The van der Waals surface area contributed by atoms with E-state index in [2.05, 4.69) is 15.5 Å². The number of halogens is 4. The number of alkyl halides is 3. The summed E-state index contributed by atoms with van der Waals surface area (Å²) in [5.41, 5.74) is -1.05. The maximum Gasteiger partial charge on any atom is 0.435 e. The quantitative estimate of drug-likeness (QED) is 0.409. The maximum atomic E-state index is 13.3. The Balaban J connectivity index is 1.96. The van der Waals surface area contributed by atoms with E-state index in [9.17, 15) is 22.4 Å². The van der Waals surface area contributed by atoms with Crippen molar-refractivity contribution in [2.24, 2.45) is 0 Å². The summed E-state index contributed by atoms with van der Waals surface area (Å²) in [5, 5.41) is 9.07. The monoisotopic (exact) mass is 437 g/mol. The first kappa shape index (κ1) is 21.6. The Hall–Kier alpha value is -3.14. The van der Waals surface area contributed by atoms with Crippen molar-refractivity contribution in [1.82, 2.24) is 10.2 Å². The number of carbonyl (C=O) groups is 1. The van der Waals surface area contributed by atoms with Crippen LogP contribution in [0.2, 0.25) is 0 Å². The zero-order chi connectivity index (χ0) is 21.9. The van der Waals surface area contributed by atoms with Crippen molar-refractivity contribution >= 4 is 23.4 Å². The second kappa shape index (κ2) is 8.70. The first-order valence-corrected chi connectivity index (χ1v) is 9.74. The second-order valence-corrected chi connectivity index (χ2v) is 7.02. The third kappa shape index (κ3) is 5.07. The molecule has 5 nitrogen and oxygen atoms in total. The summed E-state index contributed by atoms with van der Waals surface area (Å²) in [4.78, 5) is 13.7. The van der Waals surface area contributed by atoms with E-state index in [0.717, 1.165) is 11.0 Å². The van der Waals surface area contributed by atoms with Gasteiger partial charge in [0, 0.05) is 10.6 Å². The van der Waals surface area contributed by atoms with Gasteiger partial charge in [0.25, 0.3) is 11.8 Å². The van der Waals surface area contributed by atoms with Crippen LogP contribution >= 0.6 is 11.8 Å². The van der Waals surface area contributed by atoms with Crippen LogP contribution in [0.1, 0.15) is 21.6 Å². The van der Waals surface area contributed by atoms with E-state index in [4.69, 9.17) is 4.74 Å². The van der Waals surface area contributed by atoms with Crippen molar-refractivity contribution in [2.75, 3.05) is 11.6 Å². The first-order chi connectivity index (χ1) is 14.2. The minimum atomic E-state index is -4.80. The summed E-state index contributed by atoms with van der Waals surface area (Å²) in [7, 11) is 0. The molecule has 1 heterocycles. The number of aromatic nitrogens is 2. The smallest absolute Gasteiger partial charge is 0.435 e. The molecule has 3 rings (SSSR count). The molecule has 0 atom stereocenters. The van der Waals surface area contributed by atoms with E-state index in [-0.39, 0.29) is 5.75 Å². The molecule has 0 spiro atoms. The summed E-state index contributed by atoms with van der Waals surface area (Å²) in [5.74, 6) is -1.67. The molecule has 0 radical (unpaired) electrons. The summed E-state index contributed by atoms with van der Waals surface area (Å²) < 4.78 is 58.1. The van der Waals surface area contributed by atoms with Crippen molar-refractivity contribution in [3.63, 3.8) is 0 Å². The van der Waals surface area contributed by atoms with Crippen LogP contribution in [0.25, 0.3) is 0 Å². The normalized spacial score (nSPS) is 11.3. The summed E-state index contributed by atoms with van der Waals surface area (Å²) >= 11 is 1.50. The van der Waals surface area contributed by atoms with Gasteiger partial charge in [0.1, 0.15) is 17.1 Å². The van der Waals surface area contributed by atoms with Gasteiger partial charge in [-0.15, -0.1) is 22.0 Å². The molecule has 1 amide bonds. The van der Waals surface area contributed by atoms with Gasteiger partial charge in [-0.05, 0) is 67.3 Å². The lowest BCUT2D eigenvalue weighted by molar-refractivity contribution is -0.141. The number of aryl methyl sites for hydroxylation is 1. The Labute approximate surface area is 173 Å². The van der Waals surface area contributed by atoms with Gasteiger partial charge in [0.2, 0.25) is 0 Å². The number of carbonyl (C=O) groups excluding carboxylic acids is 1. The zero-order valence-corrected chi connectivity index (χ0v) is 16.6. The highest BCUT2D eigenvalue weighted by atomic mass is 32.2. The molecule has 0 saturated heterocycles. The van der Waals surface area contributed by atoms with Gasteiger partial charge in [0.05, 0.1) is 0 Å². The van der Waals surface area contributed by atoms with Crippen molar-refractivity contribution in [2.45, 2.75) is 18.0 Å². The molecule has 1 N–H and O–H groups in total. The Bertz CT molecular complexity index is 1070. The Morgan fingerprint density at radius 2 is 1.77 bits per heavy atom. The third-order valence-corrected chi connectivity index (χ3v) is 4.73. The fraction of sp³-hybridized carbons (Fsp3) is 0.150. The molecule has 2 aromatic carbocycles. The van der Waals surface area contributed by atoms with Crippen molar-refractivity contribution < 1.29 is 27.1 Å². The van der Waals surface area contributed by atoms with E-state index in [1.807, 2.05) is 6.26 Å². The molecule has 0 fully saturated rings. The van der Waals surface area contributed by atoms with Crippen LogP contribution in [0, 0.1) is 12.7 Å². The van der Waals surface area contributed by atoms with Crippen LogP contribution in [0.5, 0.6) is 11.6 Å². The highest BCUT2D eigenvalue weighted by Gasteiger charge is 2.35. The topological polar surface area (TPSA) is 64.1 Å². The van der Waals surface area contributed by atoms with Gasteiger partial charge in [-0.1, -0.05) is 0 Å². The number of amides is 1. The minimum Gasteiger partial charge on any atom is -0.437 e. The van der Waals surface area contributed by atoms with E-state index >= 15 is 0 Å². The number of hydrogen-bond acceptors (Lipinski definition) is 5. The van der Waals surface area contributed by atoms with Crippen LogP contribution < -0.4 is 10.1 Å². The average molecular weight is 437 g/mol.